The van der Waals surface area contributed by atoms with E-state index in [1.807, 2.05) is 30.6 Å². The van der Waals surface area contributed by atoms with Gasteiger partial charge in [-0.3, -0.25) is 0 Å². The van der Waals surface area contributed by atoms with Gasteiger partial charge in [-0.2, -0.15) is 5.26 Å². The Bertz CT molecular complexity index is 1270. The smallest absolute Gasteiger partial charge is 0.121 e. The van der Waals surface area contributed by atoms with Gasteiger partial charge in [0, 0.05) is 12.6 Å². The van der Waals surface area contributed by atoms with Crippen LogP contribution in [0.3, 0.4) is 0 Å². The summed E-state index contributed by atoms with van der Waals surface area (Å²) >= 11 is 0. The number of nitrogens with zero attached hydrogens (tertiary/aromatic N) is 3. The van der Waals surface area contributed by atoms with Crippen molar-refractivity contribution in [3.05, 3.63) is 161 Å². The van der Waals surface area contributed by atoms with Gasteiger partial charge < -0.3 is 4.57 Å². The van der Waals surface area contributed by atoms with E-state index in [1.165, 1.54) is 16.7 Å². The summed E-state index contributed by atoms with van der Waals surface area (Å²) < 4.78 is 2.23. The van der Waals surface area contributed by atoms with Gasteiger partial charge in [0.1, 0.15) is 5.54 Å². The van der Waals surface area contributed by atoms with Crippen LogP contribution in [0, 0.1) is 11.3 Å². The molecule has 0 aliphatic heterocycles. The van der Waals surface area contributed by atoms with Gasteiger partial charge in [0.05, 0.1) is 23.7 Å². The van der Waals surface area contributed by atoms with E-state index in [1.54, 1.807) is 0 Å². The lowest BCUT2D eigenvalue weighted by atomic mass is 9.77. The van der Waals surface area contributed by atoms with Crippen LogP contribution < -0.4 is 0 Å². The van der Waals surface area contributed by atoms with Crippen LogP contribution in [0.4, 0.5) is 0 Å². The Hall–Kier alpha value is -4.42. The van der Waals surface area contributed by atoms with Gasteiger partial charge in [-0.05, 0) is 34.4 Å². The first-order valence-electron chi connectivity index (χ1n) is 11.0. The monoisotopic (exact) mass is 425 g/mol. The molecule has 0 amide bonds. The third-order valence-corrected chi connectivity index (χ3v) is 6.07. The standard InChI is InChI=1S/C30H23N3/c31-21-25-18-16-24(17-19-25)20-29-22-33(23-32-29)30(26-10-4-1-5-11-26,27-12-6-2-7-13-27)28-14-8-3-9-15-28/h1-19,22-23H,20H2. The third-order valence-electron chi connectivity index (χ3n) is 6.07. The van der Waals surface area contributed by atoms with Crippen LogP contribution in [0.1, 0.15) is 33.5 Å². The zero-order chi connectivity index (χ0) is 22.5. The van der Waals surface area contributed by atoms with E-state index in [4.69, 9.17) is 10.2 Å². The first-order valence-corrected chi connectivity index (χ1v) is 11.0. The molecule has 5 aromatic rings. The summed E-state index contributed by atoms with van der Waals surface area (Å²) in [5.74, 6) is 0. The SMILES string of the molecule is N#Cc1ccc(Cc2cn(C(c3ccccc3)(c3ccccc3)c3ccccc3)cn2)cc1. The number of aromatic nitrogens is 2. The van der Waals surface area contributed by atoms with Crippen LogP contribution in [-0.4, -0.2) is 9.55 Å². The number of hydrogen-bond donors (Lipinski definition) is 0. The van der Waals surface area contributed by atoms with Crippen LogP contribution in [0.15, 0.2) is 128 Å². The Balaban J connectivity index is 1.68. The normalized spacial score (nSPS) is 11.1. The number of rotatable bonds is 6. The average molecular weight is 426 g/mol. The van der Waals surface area contributed by atoms with Gasteiger partial charge in [0.15, 0.2) is 0 Å². The maximum atomic E-state index is 9.07. The predicted molar refractivity (Wildman–Crippen MR) is 131 cm³/mol. The molecule has 0 aliphatic rings. The van der Waals surface area contributed by atoms with Crippen molar-refractivity contribution in [2.24, 2.45) is 0 Å². The lowest BCUT2D eigenvalue weighted by Crippen LogP contribution is -2.36. The minimum Gasteiger partial charge on any atom is -0.319 e. The molecular formula is C30H23N3. The molecule has 1 aromatic heterocycles. The molecule has 0 bridgehead atoms. The molecule has 3 heteroatoms. The number of benzene rings is 4. The van der Waals surface area contributed by atoms with Gasteiger partial charge >= 0.3 is 0 Å². The van der Waals surface area contributed by atoms with Crippen molar-refractivity contribution < 1.29 is 0 Å². The molecule has 0 unspecified atom stereocenters. The Morgan fingerprint density at radius 3 is 1.61 bits per heavy atom. The molecule has 0 fully saturated rings. The lowest BCUT2D eigenvalue weighted by molar-refractivity contribution is 0.514. The van der Waals surface area contributed by atoms with Crippen LogP contribution in [-0.2, 0) is 12.0 Å². The van der Waals surface area contributed by atoms with Crippen molar-refractivity contribution >= 4 is 0 Å². The van der Waals surface area contributed by atoms with Gasteiger partial charge in [0.2, 0.25) is 0 Å². The predicted octanol–water partition coefficient (Wildman–Crippen LogP) is 6.19. The second-order valence-corrected chi connectivity index (χ2v) is 8.07. The van der Waals surface area contributed by atoms with Crippen molar-refractivity contribution in [3.63, 3.8) is 0 Å². The van der Waals surface area contributed by atoms with E-state index >= 15 is 0 Å². The number of imidazole rings is 1. The fraction of sp³-hybridized carbons (Fsp3) is 0.0667. The highest BCUT2D eigenvalue weighted by molar-refractivity contribution is 5.50. The van der Waals surface area contributed by atoms with Crippen molar-refractivity contribution in [2.45, 2.75) is 12.0 Å². The van der Waals surface area contributed by atoms with Crippen molar-refractivity contribution in [1.82, 2.24) is 9.55 Å². The maximum Gasteiger partial charge on any atom is 0.121 e. The molecule has 0 aliphatic carbocycles. The molecule has 5 rings (SSSR count). The highest BCUT2D eigenvalue weighted by atomic mass is 15.1. The second kappa shape index (κ2) is 8.98. The van der Waals surface area contributed by atoms with Gasteiger partial charge in [-0.15, -0.1) is 0 Å². The van der Waals surface area contributed by atoms with E-state index < -0.39 is 5.54 Å². The van der Waals surface area contributed by atoms with Crippen molar-refractivity contribution in [1.29, 1.82) is 5.26 Å². The van der Waals surface area contributed by atoms with Crippen LogP contribution >= 0.6 is 0 Å². The molecule has 0 N–H and O–H groups in total. The Kier molecular flexibility index (Phi) is 5.57. The Morgan fingerprint density at radius 2 is 1.15 bits per heavy atom. The van der Waals surface area contributed by atoms with E-state index in [0.717, 1.165) is 11.3 Å². The summed E-state index contributed by atoms with van der Waals surface area (Å²) in [6, 6.07) is 41.6. The summed E-state index contributed by atoms with van der Waals surface area (Å²) in [5, 5.41) is 9.07. The quantitative estimate of drug-likeness (QED) is 0.305. The minimum atomic E-state index is -0.556. The molecule has 0 saturated heterocycles. The first-order chi connectivity index (χ1) is 16.3. The molecule has 0 atom stereocenters. The largest absolute Gasteiger partial charge is 0.319 e. The summed E-state index contributed by atoms with van der Waals surface area (Å²) in [7, 11) is 0. The molecule has 1 heterocycles. The van der Waals surface area contributed by atoms with E-state index in [-0.39, 0.29) is 0 Å². The lowest BCUT2D eigenvalue weighted by Gasteiger charge is -2.37. The fourth-order valence-corrected chi connectivity index (χ4v) is 4.53. The van der Waals surface area contributed by atoms with Crippen molar-refractivity contribution in [3.8, 4) is 6.07 Å². The molecule has 0 saturated carbocycles. The first kappa shape index (κ1) is 20.5. The summed E-state index contributed by atoms with van der Waals surface area (Å²) in [5.41, 5.74) is 5.73. The summed E-state index contributed by atoms with van der Waals surface area (Å²) in [6.07, 6.45) is 4.78. The molecule has 4 aromatic carbocycles. The zero-order valence-electron chi connectivity index (χ0n) is 18.2. The topological polar surface area (TPSA) is 41.6 Å². The summed E-state index contributed by atoms with van der Waals surface area (Å²) in [6.45, 7) is 0. The van der Waals surface area contributed by atoms with Crippen LogP contribution in [0.2, 0.25) is 0 Å². The fourth-order valence-electron chi connectivity index (χ4n) is 4.53. The maximum absolute atomic E-state index is 9.07. The number of nitriles is 1. The van der Waals surface area contributed by atoms with E-state index in [0.29, 0.717) is 12.0 Å². The van der Waals surface area contributed by atoms with Crippen molar-refractivity contribution in [2.75, 3.05) is 0 Å². The third kappa shape index (κ3) is 3.84. The zero-order valence-corrected chi connectivity index (χ0v) is 18.2. The van der Waals surface area contributed by atoms with Gasteiger partial charge in [0.25, 0.3) is 0 Å². The highest BCUT2D eigenvalue weighted by Crippen LogP contribution is 2.40. The Morgan fingerprint density at radius 1 is 0.667 bits per heavy atom. The minimum absolute atomic E-state index is 0.556. The second-order valence-electron chi connectivity index (χ2n) is 8.07. The molecule has 33 heavy (non-hydrogen) atoms. The molecule has 0 radical (unpaired) electrons. The van der Waals surface area contributed by atoms with Crippen LogP contribution in [0.25, 0.3) is 0 Å². The highest BCUT2D eigenvalue weighted by Gasteiger charge is 2.38. The van der Waals surface area contributed by atoms with E-state index in [2.05, 4.69) is 108 Å². The molecule has 3 nitrogen and oxygen atoms in total. The molecule has 158 valence electrons. The molecular weight excluding hydrogens is 402 g/mol. The summed E-state index contributed by atoms with van der Waals surface area (Å²) in [4.78, 5) is 4.79. The van der Waals surface area contributed by atoms with E-state index in [9.17, 15) is 0 Å². The van der Waals surface area contributed by atoms with Gasteiger partial charge in [-0.25, -0.2) is 4.98 Å². The number of hydrogen-bond acceptors (Lipinski definition) is 2. The Labute approximate surface area is 194 Å². The average Bonchev–Trinajstić information content (AvgIpc) is 3.35. The molecule has 0 spiro atoms. The van der Waals surface area contributed by atoms with Crippen LogP contribution in [0.5, 0.6) is 0 Å². The van der Waals surface area contributed by atoms with Gasteiger partial charge in [-0.1, -0.05) is 103 Å².